The molecule has 0 aromatic heterocycles. The second-order valence-corrected chi connectivity index (χ2v) is 3.89. The smallest absolute Gasteiger partial charge is 0.123 e. The topological polar surface area (TPSA) is 14.1 Å². The third kappa shape index (κ3) is 2.55. The minimum atomic E-state index is -0.158. The van der Waals surface area contributed by atoms with E-state index in [-0.39, 0.29) is 5.82 Å². The Morgan fingerprint density at radius 1 is 1.21 bits per heavy atom. The first-order valence-corrected chi connectivity index (χ1v) is 5.25. The summed E-state index contributed by atoms with van der Waals surface area (Å²) in [5, 5.41) is 4.55. The van der Waals surface area contributed by atoms with E-state index < -0.39 is 0 Å². The molecule has 2 rings (SSSR count). The number of benzene rings is 1. The van der Waals surface area contributed by atoms with Gasteiger partial charge in [0, 0.05) is 12.6 Å². The van der Waals surface area contributed by atoms with Gasteiger partial charge in [-0.2, -0.15) is 0 Å². The lowest BCUT2D eigenvalue weighted by Gasteiger charge is -2.21. The van der Waals surface area contributed by atoms with E-state index in [0.717, 1.165) is 13.0 Å². The first-order chi connectivity index (χ1) is 6.84. The van der Waals surface area contributed by atoms with Crippen molar-refractivity contribution >= 4 is 0 Å². The van der Waals surface area contributed by atoms with Crippen LogP contribution in [0.15, 0.2) is 24.3 Å². The number of halogens is 1. The molecule has 75 valence electrons. The number of rotatable bonds is 2. The predicted molar refractivity (Wildman–Crippen MR) is 54.7 cm³/mol. The Bertz CT molecular complexity index is 275. The molecule has 0 saturated carbocycles. The van der Waals surface area contributed by atoms with Gasteiger partial charge in [-0.1, -0.05) is 18.6 Å². The second-order valence-electron chi connectivity index (χ2n) is 3.89. The van der Waals surface area contributed by atoms with E-state index in [2.05, 4.69) is 5.32 Å². The van der Waals surface area contributed by atoms with Crippen LogP contribution in [0.3, 0.4) is 0 Å². The Hall–Kier alpha value is -0.890. The van der Waals surface area contributed by atoms with Crippen LogP contribution in [-0.2, 0) is 6.42 Å². The number of nitrogens with zero attached hydrogens (tertiary/aromatic N) is 1. The van der Waals surface area contributed by atoms with Crippen LogP contribution in [0.2, 0.25) is 0 Å². The highest BCUT2D eigenvalue weighted by atomic mass is 19.1. The molecule has 14 heavy (non-hydrogen) atoms. The summed E-state index contributed by atoms with van der Waals surface area (Å²) in [4.78, 5) is 0. The monoisotopic (exact) mass is 192 g/mol. The van der Waals surface area contributed by atoms with Crippen molar-refractivity contribution in [2.24, 2.45) is 0 Å². The molecule has 0 bridgehead atoms. The minimum Gasteiger partial charge on any atom is -0.238 e. The van der Waals surface area contributed by atoms with Gasteiger partial charge in [0.05, 0.1) is 0 Å². The van der Waals surface area contributed by atoms with Crippen molar-refractivity contribution in [3.8, 4) is 0 Å². The predicted octanol–water partition coefficient (Wildman–Crippen LogP) is 2.53. The average Bonchev–Trinajstić information content (AvgIpc) is 2.23. The fourth-order valence-corrected chi connectivity index (χ4v) is 1.92. The molecule has 1 saturated heterocycles. The van der Waals surface area contributed by atoms with Gasteiger partial charge in [0.25, 0.3) is 0 Å². The first kappa shape index (κ1) is 9.66. The van der Waals surface area contributed by atoms with E-state index in [0.29, 0.717) is 6.04 Å². The fraction of sp³-hybridized carbons (Fsp3) is 0.500. The van der Waals surface area contributed by atoms with E-state index in [1.165, 1.54) is 37.0 Å². The molecule has 1 radical (unpaired) electrons. The highest BCUT2D eigenvalue weighted by Crippen LogP contribution is 2.14. The van der Waals surface area contributed by atoms with Crippen molar-refractivity contribution in [3.05, 3.63) is 35.6 Å². The Morgan fingerprint density at radius 3 is 2.64 bits per heavy atom. The van der Waals surface area contributed by atoms with Gasteiger partial charge in [-0.15, -0.1) is 0 Å². The molecule has 1 atom stereocenters. The average molecular weight is 192 g/mol. The Morgan fingerprint density at radius 2 is 2.00 bits per heavy atom. The SMILES string of the molecule is Fc1ccc(CC2CCCC[N]2)cc1. The summed E-state index contributed by atoms with van der Waals surface area (Å²) in [7, 11) is 0. The van der Waals surface area contributed by atoms with Crippen LogP contribution in [0.25, 0.3) is 0 Å². The zero-order valence-corrected chi connectivity index (χ0v) is 8.25. The van der Waals surface area contributed by atoms with Gasteiger partial charge in [0.1, 0.15) is 5.82 Å². The first-order valence-electron chi connectivity index (χ1n) is 5.25. The third-order valence-electron chi connectivity index (χ3n) is 2.72. The number of piperidine rings is 1. The van der Waals surface area contributed by atoms with E-state index in [1.807, 2.05) is 12.1 Å². The van der Waals surface area contributed by atoms with E-state index in [1.54, 1.807) is 0 Å². The van der Waals surface area contributed by atoms with Crippen molar-refractivity contribution in [2.75, 3.05) is 6.54 Å². The summed E-state index contributed by atoms with van der Waals surface area (Å²) in [5.74, 6) is -0.158. The quantitative estimate of drug-likeness (QED) is 0.683. The van der Waals surface area contributed by atoms with Gasteiger partial charge in [-0.05, 0) is 37.0 Å². The summed E-state index contributed by atoms with van der Waals surface area (Å²) < 4.78 is 12.6. The largest absolute Gasteiger partial charge is 0.238 e. The zero-order valence-electron chi connectivity index (χ0n) is 8.25. The Balaban J connectivity index is 1.92. The van der Waals surface area contributed by atoms with Crippen LogP contribution in [-0.4, -0.2) is 12.6 Å². The lowest BCUT2D eigenvalue weighted by atomic mass is 9.98. The normalized spacial score (nSPS) is 22.2. The van der Waals surface area contributed by atoms with Gasteiger partial charge >= 0.3 is 0 Å². The van der Waals surface area contributed by atoms with Gasteiger partial charge in [0.2, 0.25) is 0 Å². The molecule has 0 N–H and O–H groups in total. The zero-order chi connectivity index (χ0) is 9.80. The lowest BCUT2D eigenvalue weighted by molar-refractivity contribution is 0.391. The molecular weight excluding hydrogens is 177 g/mol. The number of hydrogen-bond donors (Lipinski definition) is 0. The van der Waals surface area contributed by atoms with Crippen LogP contribution in [0, 0.1) is 5.82 Å². The second kappa shape index (κ2) is 4.56. The molecule has 1 aliphatic heterocycles. The van der Waals surface area contributed by atoms with Crippen molar-refractivity contribution in [1.29, 1.82) is 0 Å². The van der Waals surface area contributed by atoms with Crippen LogP contribution in [0.1, 0.15) is 24.8 Å². The van der Waals surface area contributed by atoms with Crippen molar-refractivity contribution in [2.45, 2.75) is 31.7 Å². The Labute approximate surface area is 84.3 Å². The summed E-state index contributed by atoms with van der Waals surface area (Å²) in [6.07, 6.45) is 4.69. The van der Waals surface area contributed by atoms with Crippen molar-refractivity contribution < 1.29 is 4.39 Å². The molecule has 0 spiro atoms. The Kier molecular flexibility index (Phi) is 3.14. The van der Waals surface area contributed by atoms with Crippen LogP contribution in [0.5, 0.6) is 0 Å². The van der Waals surface area contributed by atoms with Crippen LogP contribution in [0.4, 0.5) is 4.39 Å². The highest BCUT2D eigenvalue weighted by Gasteiger charge is 2.13. The molecule has 1 nitrogen and oxygen atoms in total. The molecule has 1 heterocycles. The summed E-state index contributed by atoms with van der Waals surface area (Å²) in [5.41, 5.74) is 1.20. The molecule has 1 aromatic rings. The standard InChI is InChI=1S/C12H15FN/c13-11-6-4-10(5-7-11)9-12-3-1-2-8-14-12/h4-7,12H,1-3,8-9H2. The molecular formula is C12H15FN. The highest BCUT2D eigenvalue weighted by molar-refractivity contribution is 5.17. The maximum Gasteiger partial charge on any atom is 0.123 e. The lowest BCUT2D eigenvalue weighted by Crippen LogP contribution is -2.29. The van der Waals surface area contributed by atoms with Gasteiger partial charge in [-0.25, -0.2) is 9.71 Å². The van der Waals surface area contributed by atoms with Crippen LogP contribution >= 0.6 is 0 Å². The molecule has 1 unspecified atom stereocenters. The third-order valence-corrected chi connectivity index (χ3v) is 2.72. The maximum absolute atomic E-state index is 12.6. The molecule has 2 heteroatoms. The molecule has 1 aromatic carbocycles. The molecule has 1 aliphatic rings. The van der Waals surface area contributed by atoms with Gasteiger partial charge < -0.3 is 0 Å². The van der Waals surface area contributed by atoms with E-state index >= 15 is 0 Å². The molecule has 0 aliphatic carbocycles. The number of hydrogen-bond acceptors (Lipinski definition) is 0. The molecule has 1 fully saturated rings. The van der Waals surface area contributed by atoms with Crippen molar-refractivity contribution in [3.63, 3.8) is 0 Å². The summed E-state index contributed by atoms with van der Waals surface area (Å²) in [6.45, 7) is 1.01. The summed E-state index contributed by atoms with van der Waals surface area (Å²) in [6, 6.07) is 7.24. The van der Waals surface area contributed by atoms with E-state index in [9.17, 15) is 4.39 Å². The maximum atomic E-state index is 12.6. The minimum absolute atomic E-state index is 0.158. The van der Waals surface area contributed by atoms with Gasteiger partial charge in [0.15, 0.2) is 0 Å². The van der Waals surface area contributed by atoms with Crippen LogP contribution < -0.4 is 5.32 Å². The van der Waals surface area contributed by atoms with E-state index in [4.69, 9.17) is 0 Å². The molecule has 0 amide bonds. The summed E-state index contributed by atoms with van der Waals surface area (Å²) >= 11 is 0. The fourth-order valence-electron chi connectivity index (χ4n) is 1.92. The van der Waals surface area contributed by atoms with Crippen molar-refractivity contribution in [1.82, 2.24) is 5.32 Å². The van der Waals surface area contributed by atoms with Gasteiger partial charge in [-0.3, -0.25) is 0 Å².